The van der Waals surface area contributed by atoms with Gasteiger partial charge in [0.2, 0.25) is 0 Å². The predicted octanol–water partition coefficient (Wildman–Crippen LogP) is 6.02. The van der Waals surface area contributed by atoms with Crippen molar-refractivity contribution >= 4 is 11.4 Å². The topological polar surface area (TPSA) is 49.6 Å². The summed E-state index contributed by atoms with van der Waals surface area (Å²) in [4.78, 5) is 14.5. The predicted molar refractivity (Wildman–Crippen MR) is 118 cm³/mol. The Morgan fingerprint density at radius 2 is 1.50 bits per heavy atom. The van der Waals surface area contributed by atoms with Crippen LogP contribution in [0, 0.1) is 10.1 Å². The molecule has 0 fully saturated rings. The van der Waals surface area contributed by atoms with Gasteiger partial charge in [0.05, 0.1) is 11.6 Å². The van der Waals surface area contributed by atoms with E-state index < -0.39 is 0 Å². The molecule has 0 saturated heterocycles. The van der Waals surface area contributed by atoms with Gasteiger partial charge in [0.15, 0.2) is 0 Å². The maximum Gasteiger partial charge on any atom is 0.269 e. The molecule has 0 spiro atoms. The molecule has 4 rings (SSSR count). The van der Waals surface area contributed by atoms with Crippen LogP contribution in [0.1, 0.15) is 31.2 Å². The van der Waals surface area contributed by atoms with Crippen molar-refractivity contribution in [2.24, 2.45) is 0 Å². The van der Waals surface area contributed by atoms with Crippen LogP contribution in [0.2, 0.25) is 0 Å². The Labute approximate surface area is 191 Å². The molecule has 2 aliphatic rings. The number of benzene rings is 2. The number of hydrogen-bond donors (Lipinski definition) is 0. The average molecular weight is 492 g/mol. The van der Waals surface area contributed by atoms with Crippen LogP contribution < -0.4 is 4.90 Å². The number of anilines is 1. The Kier molecular flexibility index (Phi) is 10.0. The summed E-state index contributed by atoms with van der Waals surface area (Å²) in [5.74, 6) is 0. The van der Waals surface area contributed by atoms with Gasteiger partial charge >= 0.3 is 0 Å². The fraction of sp³-hybridized carbons (Fsp3) is 0.250. The van der Waals surface area contributed by atoms with Gasteiger partial charge in [-0.05, 0) is 43.4 Å². The average Bonchev–Trinajstić information content (AvgIpc) is 3.17. The second kappa shape index (κ2) is 12.8. The second-order valence-corrected chi connectivity index (χ2v) is 7.06. The number of nitro benzene ring substituents is 1. The molecule has 0 unspecified atom stereocenters. The van der Waals surface area contributed by atoms with Crippen LogP contribution in [0.4, 0.5) is 11.4 Å². The summed E-state index contributed by atoms with van der Waals surface area (Å²) in [5.41, 5.74) is 2.32. The van der Waals surface area contributed by atoms with Gasteiger partial charge in [-0.15, -0.1) is 0 Å². The molecule has 0 atom stereocenters. The quantitative estimate of drug-likeness (QED) is 0.298. The summed E-state index contributed by atoms with van der Waals surface area (Å²) < 4.78 is 0. The molecule has 0 N–H and O–H groups in total. The van der Waals surface area contributed by atoms with E-state index in [0.717, 1.165) is 18.9 Å². The molecule has 2 aromatic rings. The summed E-state index contributed by atoms with van der Waals surface area (Å²) in [6, 6.07) is 16.9. The Hall–Kier alpha value is -2.72. The molecule has 0 bridgehead atoms. The Morgan fingerprint density at radius 1 is 0.867 bits per heavy atom. The van der Waals surface area contributed by atoms with Crippen LogP contribution >= 0.6 is 0 Å². The zero-order valence-corrected chi connectivity index (χ0v) is 18.5. The van der Waals surface area contributed by atoms with Crippen LogP contribution in [0.3, 0.4) is 0 Å². The first kappa shape index (κ1) is 23.6. The molecule has 1 heterocycles. The first-order valence-electron chi connectivity index (χ1n) is 10.0. The van der Waals surface area contributed by atoms with Gasteiger partial charge in [0.1, 0.15) is 0 Å². The molecule has 6 heteroatoms. The molecule has 159 valence electrons. The molecule has 0 saturated carbocycles. The van der Waals surface area contributed by atoms with E-state index in [0.29, 0.717) is 0 Å². The summed E-state index contributed by atoms with van der Waals surface area (Å²) in [6.45, 7) is 1.59. The third-order valence-electron chi connectivity index (χ3n) is 4.79. The maximum absolute atomic E-state index is 10.7. The Balaban J connectivity index is 0.000000302. The van der Waals surface area contributed by atoms with E-state index in [-0.39, 0.29) is 30.1 Å². The van der Waals surface area contributed by atoms with Crippen molar-refractivity contribution < 1.29 is 24.4 Å². The Morgan fingerprint density at radius 3 is 2.10 bits per heavy atom. The van der Waals surface area contributed by atoms with Gasteiger partial charge < -0.3 is 9.80 Å². The van der Waals surface area contributed by atoms with Gasteiger partial charge in [-0.3, -0.25) is 10.1 Å². The van der Waals surface area contributed by atoms with Gasteiger partial charge in [0.25, 0.3) is 5.69 Å². The second-order valence-electron chi connectivity index (χ2n) is 7.06. The molecule has 2 aromatic carbocycles. The monoisotopic (exact) mass is 492 g/mol. The largest absolute Gasteiger partial charge is 0.354 e. The minimum absolute atomic E-state index is 0. The maximum atomic E-state index is 10.7. The summed E-state index contributed by atoms with van der Waals surface area (Å²) in [6.07, 6.45) is 18.0. The molecular formula is C24H27N3O2Rh. The minimum atomic E-state index is -0.384. The van der Waals surface area contributed by atoms with Crippen molar-refractivity contribution in [2.45, 2.75) is 32.2 Å². The summed E-state index contributed by atoms with van der Waals surface area (Å²) >= 11 is 0. The van der Waals surface area contributed by atoms with Crippen molar-refractivity contribution in [3.8, 4) is 0 Å². The summed E-state index contributed by atoms with van der Waals surface area (Å²) in [5, 5.41) is 10.7. The van der Waals surface area contributed by atoms with E-state index in [9.17, 15) is 10.1 Å². The van der Waals surface area contributed by atoms with E-state index >= 15 is 0 Å². The third-order valence-corrected chi connectivity index (χ3v) is 4.79. The van der Waals surface area contributed by atoms with Gasteiger partial charge in [-0.25, -0.2) is 0 Å². The normalized spacial score (nSPS) is 14.9. The first-order valence-corrected chi connectivity index (χ1v) is 10.0. The molecule has 0 aromatic heterocycles. The van der Waals surface area contributed by atoms with E-state index in [1.165, 1.54) is 43.4 Å². The molecular weight excluding hydrogens is 465 g/mol. The van der Waals surface area contributed by atoms with Gasteiger partial charge in [-0.2, -0.15) is 0 Å². The molecule has 1 aliphatic carbocycles. The zero-order valence-electron chi connectivity index (χ0n) is 16.9. The van der Waals surface area contributed by atoms with Crippen LogP contribution in [-0.4, -0.2) is 16.5 Å². The smallest absolute Gasteiger partial charge is 0.269 e. The van der Waals surface area contributed by atoms with E-state index in [1.54, 1.807) is 12.1 Å². The summed E-state index contributed by atoms with van der Waals surface area (Å²) in [7, 11) is 0. The molecule has 5 nitrogen and oxygen atoms in total. The van der Waals surface area contributed by atoms with E-state index in [2.05, 4.69) is 46.2 Å². The fourth-order valence-electron chi connectivity index (χ4n) is 3.19. The van der Waals surface area contributed by atoms with Crippen LogP contribution in [-0.2, 0) is 26.0 Å². The van der Waals surface area contributed by atoms with Crippen LogP contribution in [0.25, 0.3) is 0 Å². The van der Waals surface area contributed by atoms with Crippen molar-refractivity contribution in [3.63, 3.8) is 0 Å². The number of allylic oxidation sites excluding steroid dienone is 4. The van der Waals surface area contributed by atoms with Gasteiger partial charge in [-0.1, -0.05) is 54.6 Å². The Bertz CT molecular complexity index is 850. The third kappa shape index (κ3) is 7.60. The van der Waals surface area contributed by atoms with Crippen molar-refractivity contribution in [1.29, 1.82) is 0 Å². The van der Waals surface area contributed by atoms with Gasteiger partial charge in [0, 0.05) is 56.2 Å². The fourth-order valence-corrected chi connectivity index (χ4v) is 3.19. The molecule has 1 radical (unpaired) electrons. The number of nitrogens with zero attached hydrogens (tertiary/aromatic N) is 3. The SMILES string of the molecule is C1=CCCCCC=C1.O=[N+]([O-])c1ccc(N2C=CN(Cc3ccccc3)C2)cc1.[Rh]. The minimum Gasteiger partial charge on any atom is -0.354 e. The molecule has 30 heavy (non-hydrogen) atoms. The van der Waals surface area contributed by atoms with Crippen molar-refractivity contribution in [1.82, 2.24) is 4.90 Å². The van der Waals surface area contributed by atoms with Crippen LogP contribution in [0.5, 0.6) is 0 Å². The zero-order chi connectivity index (χ0) is 20.3. The number of nitro groups is 1. The number of rotatable bonds is 4. The molecule has 1 aliphatic heterocycles. The van der Waals surface area contributed by atoms with E-state index in [4.69, 9.17) is 0 Å². The van der Waals surface area contributed by atoms with E-state index in [1.807, 2.05) is 30.6 Å². The van der Waals surface area contributed by atoms with Crippen molar-refractivity contribution in [2.75, 3.05) is 11.6 Å². The number of non-ortho nitro benzene ring substituents is 1. The first-order chi connectivity index (χ1) is 14.2. The standard InChI is InChI=1S/C16H15N3O2.C8H12.Rh/c20-19(21)16-8-6-15(7-9-16)18-11-10-17(13-18)12-14-4-2-1-3-5-14;1-2-4-6-8-7-5-3-1;/h1-11H,12-13H2;1-4H,5-8H2;. The van der Waals surface area contributed by atoms with Crippen molar-refractivity contribution in [3.05, 3.63) is 107 Å². The molecule has 0 amide bonds. The number of hydrogen-bond acceptors (Lipinski definition) is 4. The van der Waals surface area contributed by atoms with Crippen LogP contribution in [0.15, 0.2) is 91.3 Å².